The lowest BCUT2D eigenvalue weighted by molar-refractivity contribution is -0.0226. The Labute approximate surface area is 136 Å². The third-order valence-corrected chi connectivity index (χ3v) is 6.85. The number of ether oxygens (including phenoxy) is 1. The number of benzene rings is 1. The second kappa shape index (κ2) is 5.23. The lowest BCUT2D eigenvalue weighted by Gasteiger charge is -2.50. The van der Waals surface area contributed by atoms with Crippen LogP contribution in [0.2, 0.25) is 0 Å². The van der Waals surface area contributed by atoms with Crippen LogP contribution in [-0.4, -0.2) is 22.5 Å². The summed E-state index contributed by atoms with van der Waals surface area (Å²) in [7, 11) is 0. The van der Waals surface area contributed by atoms with Gasteiger partial charge in [0, 0.05) is 0 Å². The molecule has 4 heteroatoms. The minimum absolute atomic E-state index is 0.102. The summed E-state index contributed by atoms with van der Waals surface area (Å²) in [5, 5.41) is 19.2. The smallest absolute Gasteiger partial charge is 0.449 e. The van der Waals surface area contributed by atoms with Crippen LogP contribution >= 0.6 is 0 Å². The lowest BCUT2D eigenvalue weighted by Crippen LogP contribution is -2.43. The molecule has 4 nitrogen and oxygen atoms in total. The molecule has 4 rings (SSSR count). The molecule has 23 heavy (non-hydrogen) atoms. The molecule has 1 aromatic carbocycles. The summed E-state index contributed by atoms with van der Waals surface area (Å²) in [6, 6.07) is 5.75. The second-order valence-corrected chi connectivity index (χ2v) is 7.78. The third kappa shape index (κ3) is 2.26. The molecule has 0 aliphatic heterocycles. The van der Waals surface area contributed by atoms with E-state index in [9.17, 15) is 9.90 Å². The molecule has 0 saturated heterocycles. The lowest BCUT2D eigenvalue weighted by atomic mass is 9.55. The Morgan fingerprint density at radius 2 is 2.09 bits per heavy atom. The highest BCUT2D eigenvalue weighted by molar-refractivity contribution is 5.61. The Bertz CT molecular complexity index is 640. The molecule has 0 aromatic heterocycles. The van der Waals surface area contributed by atoms with Crippen molar-refractivity contribution in [3.05, 3.63) is 29.3 Å². The number of hydrogen-bond donors (Lipinski definition) is 2. The van der Waals surface area contributed by atoms with E-state index in [-0.39, 0.29) is 11.5 Å². The van der Waals surface area contributed by atoms with Crippen molar-refractivity contribution in [2.45, 2.75) is 57.5 Å². The number of fused-ring (bicyclic) bond motifs is 5. The van der Waals surface area contributed by atoms with Crippen molar-refractivity contribution < 1.29 is 19.7 Å². The van der Waals surface area contributed by atoms with Crippen LogP contribution in [0.15, 0.2) is 18.2 Å². The first-order valence-corrected chi connectivity index (χ1v) is 8.71. The van der Waals surface area contributed by atoms with E-state index in [1.54, 1.807) is 6.07 Å². The number of aliphatic hydroxyl groups is 1. The van der Waals surface area contributed by atoms with Crippen molar-refractivity contribution in [2.75, 3.05) is 0 Å². The Balaban J connectivity index is 1.63. The van der Waals surface area contributed by atoms with Gasteiger partial charge in [-0.25, -0.2) is 4.79 Å². The Morgan fingerprint density at radius 1 is 1.26 bits per heavy atom. The number of hydrogen-bond acceptors (Lipinski definition) is 3. The van der Waals surface area contributed by atoms with Gasteiger partial charge in [-0.2, -0.15) is 0 Å². The summed E-state index contributed by atoms with van der Waals surface area (Å²) in [6.07, 6.45) is 5.04. The maximum atomic E-state index is 10.7. The number of carbonyl (C=O) groups is 1. The fraction of sp³-hybridized carbons (Fsp3) is 0.632. The number of rotatable bonds is 1. The molecule has 0 unspecified atom stereocenters. The van der Waals surface area contributed by atoms with Crippen LogP contribution in [0.3, 0.4) is 0 Å². The summed E-state index contributed by atoms with van der Waals surface area (Å²) in [6.45, 7) is 2.28. The van der Waals surface area contributed by atoms with E-state index in [2.05, 4.69) is 13.0 Å². The molecule has 124 valence electrons. The van der Waals surface area contributed by atoms with E-state index >= 15 is 0 Å². The van der Waals surface area contributed by atoms with Gasteiger partial charge in [0.2, 0.25) is 0 Å². The standard InChI is InChI=1S/C19H24O4/c1-19-9-8-14-13-5-3-12(23-18(21)22)10-11(13)2-4-15(14)16(19)6-7-17(19)20/h3,5,10,14-17,20H,2,4,6-9H2,1H3,(H,21,22)/t14-,15-,16+,17+,19+/m1/s1. The van der Waals surface area contributed by atoms with Gasteiger partial charge in [-0.15, -0.1) is 0 Å². The Kier molecular flexibility index (Phi) is 3.41. The average molecular weight is 316 g/mol. The van der Waals surface area contributed by atoms with Gasteiger partial charge in [0.1, 0.15) is 5.75 Å². The predicted molar refractivity (Wildman–Crippen MR) is 85.7 cm³/mol. The van der Waals surface area contributed by atoms with Gasteiger partial charge >= 0.3 is 6.16 Å². The van der Waals surface area contributed by atoms with E-state index in [1.807, 2.05) is 6.07 Å². The average Bonchev–Trinajstić information content (AvgIpc) is 2.82. The molecule has 5 atom stereocenters. The fourth-order valence-corrected chi connectivity index (χ4v) is 5.70. The normalized spacial score (nSPS) is 38.3. The molecule has 2 fully saturated rings. The molecule has 1 aromatic rings. The van der Waals surface area contributed by atoms with Crippen LogP contribution in [0.1, 0.15) is 56.1 Å². The molecule has 0 radical (unpaired) electrons. The van der Waals surface area contributed by atoms with Crippen LogP contribution in [0.25, 0.3) is 0 Å². The molecule has 2 N–H and O–H groups in total. The zero-order chi connectivity index (χ0) is 16.2. The highest BCUT2D eigenvalue weighted by atomic mass is 16.7. The molecular formula is C19H24O4. The van der Waals surface area contributed by atoms with E-state index < -0.39 is 6.16 Å². The van der Waals surface area contributed by atoms with Gasteiger partial charge < -0.3 is 14.9 Å². The molecule has 0 bridgehead atoms. The second-order valence-electron chi connectivity index (χ2n) is 7.78. The highest BCUT2D eigenvalue weighted by Crippen LogP contribution is 2.60. The van der Waals surface area contributed by atoms with Crippen LogP contribution in [-0.2, 0) is 6.42 Å². The summed E-state index contributed by atoms with van der Waals surface area (Å²) < 4.78 is 4.80. The maximum Gasteiger partial charge on any atom is 0.511 e. The monoisotopic (exact) mass is 316 g/mol. The summed E-state index contributed by atoms with van der Waals surface area (Å²) in [4.78, 5) is 10.7. The molecular weight excluding hydrogens is 292 g/mol. The summed E-state index contributed by atoms with van der Waals surface area (Å²) in [5.74, 6) is 2.26. The molecule has 0 spiro atoms. The first-order valence-electron chi connectivity index (χ1n) is 8.71. The largest absolute Gasteiger partial charge is 0.511 e. The van der Waals surface area contributed by atoms with Crippen molar-refractivity contribution in [3.63, 3.8) is 0 Å². The molecule has 0 amide bonds. The topological polar surface area (TPSA) is 66.8 Å². The van der Waals surface area contributed by atoms with Crippen LogP contribution in [0.4, 0.5) is 4.79 Å². The van der Waals surface area contributed by atoms with Crippen molar-refractivity contribution in [3.8, 4) is 5.75 Å². The first-order chi connectivity index (χ1) is 11.0. The SMILES string of the molecule is C[C@]12CC[C@@H]3c4ccc(OC(=O)O)cc4CC[C@H]3[C@@H]1CC[C@@H]2O. The predicted octanol–water partition coefficient (Wildman–Crippen LogP) is 3.96. The van der Waals surface area contributed by atoms with Crippen molar-refractivity contribution in [1.82, 2.24) is 0 Å². The quantitative estimate of drug-likeness (QED) is 0.608. The zero-order valence-corrected chi connectivity index (χ0v) is 13.5. The maximum absolute atomic E-state index is 10.7. The zero-order valence-electron chi connectivity index (χ0n) is 13.5. The molecule has 3 aliphatic carbocycles. The van der Waals surface area contributed by atoms with Crippen LogP contribution in [0.5, 0.6) is 5.75 Å². The third-order valence-electron chi connectivity index (χ3n) is 6.85. The van der Waals surface area contributed by atoms with Gasteiger partial charge in [-0.05, 0) is 85.0 Å². The minimum atomic E-state index is -1.26. The number of carboxylic acid groups (broad SMARTS) is 1. The minimum Gasteiger partial charge on any atom is -0.449 e. The van der Waals surface area contributed by atoms with E-state index in [4.69, 9.17) is 9.84 Å². The van der Waals surface area contributed by atoms with Gasteiger partial charge in [0.25, 0.3) is 0 Å². The Morgan fingerprint density at radius 3 is 2.87 bits per heavy atom. The highest BCUT2D eigenvalue weighted by Gasteiger charge is 2.54. The van der Waals surface area contributed by atoms with Gasteiger partial charge in [-0.3, -0.25) is 0 Å². The number of aryl methyl sites for hydroxylation is 1. The molecule has 3 aliphatic rings. The van der Waals surface area contributed by atoms with E-state index in [1.165, 1.54) is 11.1 Å². The fourth-order valence-electron chi connectivity index (χ4n) is 5.70. The van der Waals surface area contributed by atoms with Gasteiger partial charge in [0.15, 0.2) is 0 Å². The molecule has 2 saturated carbocycles. The van der Waals surface area contributed by atoms with Gasteiger partial charge in [-0.1, -0.05) is 13.0 Å². The van der Waals surface area contributed by atoms with Crippen LogP contribution in [0, 0.1) is 17.3 Å². The van der Waals surface area contributed by atoms with Gasteiger partial charge in [0.05, 0.1) is 6.10 Å². The van der Waals surface area contributed by atoms with Crippen molar-refractivity contribution >= 4 is 6.16 Å². The summed E-state index contributed by atoms with van der Waals surface area (Å²) >= 11 is 0. The number of aliphatic hydroxyl groups excluding tert-OH is 1. The van der Waals surface area contributed by atoms with Crippen LogP contribution < -0.4 is 4.74 Å². The first kappa shape index (κ1) is 15.0. The van der Waals surface area contributed by atoms with Crippen molar-refractivity contribution in [2.24, 2.45) is 17.3 Å². The van der Waals surface area contributed by atoms with Crippen molar-refractivity contribution in [1.29, 1.82) is 0 Å². The summed E-state index contributed by atoms with van der Waals surface area (Å²) in [5.41, 5.74) is 2.72. The van der Waals surface area contributed by atoms with E-state index in [0.717, 1.165) is 38.5 Å². The van der Waals surface area contributed by atoms with E-state index in [0.29, 0.717) is 23.5 Å². The Hall–Kier alpha value is -1.55. The molecule has 0 heterocycles.